The zero-order valence-electron chi connectivity index (χ0n) is 11.3. The number of rotatable bonds is 1. The third-order valence-corrected chi connectivity index (χ3v) is 4.33. The van der Waals surface area contributed by atoms with Crippen LogP contribution in [-0.4, -0.2) is 11.9 Å². The average Bonchev–Trinajstić information content (AvgIpc) is 2.55. The molecule has 0 bridgehead atoms. The molecule has 1 aromatic heterocycles. The molecule has 0 saturated heterocycles. The Bertz CT molecular complexity index is 951. The first-order chi connectivity index (χ1) is 10.3. The van der Waals surface area contributed by atoms with Gasteiger partial charge < -0.3 is 0 Å². The van der Waals surface area contributed by atoms with Gasteiger partial charge in [0, 0.05) is 0 Å². The fraction of sp³-hybridized carbons (Fsp3) is 0. The van der Waals surface area contributed by atoms with E-state index < -0.39 is 0 Å². The molecule has 0 N–H and O–H groups in total. The molecule has 0 spiro atoms. The molecule has 4 aromatic rings. The number of halogens is 1. The summed E-state index contributed by atoms with van der Waals surface area (Å²) in [6.45, 7) is 2.17. The predicted molar refractivity (Wildman–Crippen MR) is 93.7 cm³/mol. The van der Waals surface area contributed by atoms with Gasteiger partial charge in [0.05, 0.1) is 0 Å². The molecule has 4 rings (SSSR count). The Hall–Kier alpha value is -2.00. The normalized spacial score (nSPS) is 10.9. The molecule has 0 unspecified atom stereocenters. The Kier molecular flexibility index (Phi) is 3.08. The van der Waals surface area contributed by atoms with Gasteiger partial charge in [-0.25, -0.2) is 0 Å². The standard InChI is InChI=1S/C18H11BBrN/c20-18-17(13-7-2-1-3-8-13)21-15-11-10-12-6-4-5-9-14(12)16(15)19-18/h1-11H. The van der Waals surface area contributed by atoms with Crippen molar-refractivity contribution in [3.05, 3.63) is 71.1 Å². The van der Waals surface area contributed by atoms with E-state index in [1.807, 2.05) is 18.2 Å². The Morgan fingerprint density at radius 2 is 1.57 bits per heavy atom. The molecule has 0 fully saturated rings. The fourth-order valence-electron chi connectivity index (χ4n) is 2.70. The van der Waals surface area contributed by atoms with Crippen molar-refractivity contribution in [1.29, 1.82) is 0 Å². The van der Waals surface area contributed by atoms with Crippen LogP contribution in [0.4, 0.5) is 0 Å². The molecule has 0 amide bonds. The Morgan fingerprint density at radius 3 is 2.43 bits per heavy atom. The van der Waals surface area contributed by atoms with Crippen LogP contribution in [0.15, 0.2) is 71.1 Å². The van der Waals surface area contributed by atoms with Crippen LogP contribution in [0.1, 0.15) is 0 Å². The summed E-state index contributed by atoms with van der Waals surface area (Å²) in [4.78, 5) is 4.85. The fourth-order valence-corrected chi connectivity index (χ4v) is 3.25. The molecule has 0 radical (unpaired) electrons. The van der Waals surface area contributed by atoms with Crippen molar-refractivity contribution in [2.75, 3.05) is 0 Å². The summed E-state index contributed by atoms with van der Waals surface area (Å²) in [6.07, 6.45) is 0. The van der Waals surface area contributed by atoms with Crippen LogP contribution in [0.3, 0.4) is 0 Å². The van der Waals surface area contributed by atoms with Crippen molar-refractivity contribution in [2.24, 2.45) is 0 Å². The van der Waals surface area contributed by atoms with Crippen LogP contribution in [0.5, 0.6) is 0 Å². The van der Waals surface area contributed by atoms with E-state index in [9.17, 15) is 0 Å². The van der Waals surface area contributed by atoms with Gasteiger partial charge in [-0.15, -0.1) is 0 Å². The number of hydrogen-bond donors (Lipinski definition) is 0. The molecule has 0 aliphatic heterocycles. The maximum absolute atomic E-state index is 4.85. The molecule has 1 heterocycles. The van der Waals surface area contributed by atoms with E-state index in [-0.39, 0.29) is 0 Å². The molecule has 1 nitrogen and oxygen atoms in total. The molecule has 3 heteroatoms. The molecule has 98 valence electrons. The van der Waals surface area contributed by atoms with E-state index in [0.717, 1.165) is 21.1 Å². The van der Waals surface area contributed by atoms with Gasteiger partial charge in [-0.1, -0.05) is 0 Å². The van der Waals surface area contributed by atoms with Crippen molar-refractivity contribution in [2.45, 2.75) is 0 Å². The van der Waals surface area contributed by atoms with Gasteiger partial charge in [0.25, 0.3) is 0 Å². The molecule has 3 aromatic carbocycles. The van der Waals surface area contributed by atoms with Gasteiger partial charge in [0.2, 0.25) is 0 Å². The second-order valence-electron chi connectivity index (χ2n) is 5.04. The molecule has 0 aliphatic rings. The van der Waals surface area contributed by atoms with Crippen molar-refractivity contribution in [3.8, 4) is 11.3 Å². The van der Waals surface area contributed by atoms with Crippen molar-refractivity contribution in [3.63, 3.8) is 0 Å². The van der Waals surface area contributed by atoms with Crippen LogP contribution in [0, 0.1) is 0 Å². The van der Waals surface area contributed by atoms with Gasteiger partial charge in [0.1, 0.15) is 0 Å². The van der Waals surface area contributed by atoms with Crippen molar-refractivity contribution < 1.29 is 0 Å². The SMILES string of the molecule is Brc1bc2c(ccc3ccccc32)nc1-c1ccccc1. The maximum atomic E-state index is 4.85. The Balaban J connectivity index is 2.05. The van der Waals surface area contributed by atoms with Crippen LogP contribution >= 0.6 is 15.9 Å². The third-order valence-electron chi connectivity index (χ3n) is 3.72. The van der Waals surface area contributed by atoms with Gasteiger partial charge >= 0.3 is 132 Å². The summed E-state index contributed by atoms with van der Waals surface area (Å²) in [5.74, 6) is 0. The second-order valence-corrected chi connectivity index (χ2v) is 5.89. The van der Waals surface area contributed by atoms with Crippen LogP contribution in [0.2, 0.25) is 0 Å². The van der Waals surface area contributed by atoms with Gasteiger partial charge in [-0.2, -0.15) is 0 Å². The summed E-state index contributed by atoms with van der Waals surface area (Å²) in [5, 5.41) is 3.66. The van der Waals surface area contributed by atoms with Crippen LogP contribution in [0.25, 0.3) is 32.8 Å². The van der Waals surface area contributed by atoms with E-state index in [2.05, 4.69) is 71.4 Å². The Labute approximate surface area is 132 Å². The molecule has 0 aliphatic carbocycles. The summed E-state index contributed by atoms with van der Waals surface area (Å²) < 4.78 is 1.03. The minimum atomic E-state index is 0.985. The molecule has 0 atom stereocenters. The third kappa shape index (κ3) is 2.18. The summed E-state index contributed by atoms with van der Waals surface area (Å²) >= 11 is 3.68. The van der Waals surface area contributed by atoms with Crippen molar-refractivity contribution >= 4 is 44.4 Å². The quantitative estimate of drug-likeness (QED) is 0.439. The zero-order valence-corrected chi connectivity index (χ0v) is 12.8. The first-order valence-corrected chi connectivity index (χ1v) is 7.66. The molecule has 21 heavy (non-hydrogen) atoms. The van der Waals surface area contributed by atoms with Crippen molar-refractivity contribution in [1.82, 2.24) is 4.98 Å². The van der Waals surface area contributed by atoms with Gasteiger partial charge in [0.15, 0.2) is 0 Å². The first-order valence-electron chi connectivity index (χ1n) is 6.86. The van der Waals surface area contributed by atoms with E-state index in [1.54, 1.807) is 0 Å². The van der Waals surface area contributed by atoms with Crippen LogP contribution in [-0.2, 0) is 0 Å². The topological polar surface area (TPSA) is 12.9 Å². The number of hydrogen-bond acceptors (Lipinski definition) is 1. The number of aromatic nitrogens is 1. The summed E-state index contributed by atoms with van der Waals surface area (Å²) in [5.41, 5.74) is 3.13. The first kappa shape index (κ1) is 12.7. The summed E-state index contributed by atoms with van der Waals surface area (Å²) in [6, 6.07) is 22.9. The van der Waals surface area contributed by atoms with E-state index in [1.165, 1.54) is 16.1 Å². The summed E-state index contributed by atoms with van der Waals surface area (Å²) in [7, 11) is 0. The number of nitrogens with zero attached hydrogens (tertiary/aromatic N) is 1. The zero-order chi connectivity index (χ0) is 14.2. The second kappa shape index (κ2) is 5.08. The molecular formula is C18H11BBrN. The van der Waals surface area contributed by atoms with Gasteiger partial charge in [-0.3, -0.25) is 0 Å². The number of benzene rings is 3. The van der Waals surface area contributed by atoms with Gasteiger partial charge in [-0.05, 0) is 0 Å². The van der Waals surface area contributed by atoms with E-state index >= 15 is 0 Å². The average molecular weight is 332 g/mol. The van der Waals surface area contributed by atoms with Crippen LogP contribution < -0.4 is 0 Å². The monoisotopic (exact) mass is 331 g/mol. The minimum absolute atomic E-state index is 0.985. The van der Waals surface area contributed by atoms with E-state index in [4.69, 9.17) is 4.98 Å². The Morgan fingerprint density at radius 1 is 0.810 bits per heavy atom. The van der Waals surface area contributed by atoms with E-state index in [0.29, 0.717) is 0 Å². The number of fused-ring (bicyclic) bond motifs is 3. The predicted octanol–water partition coefficient (Wildman–Crippen LogP) is 5.16. The molecule has 0 saturated carbocycles. The molecular weight excluding hydrogens is 321 g/mol.